The molecule has 0 aliphatic rings. The molecule has 0 radical (unpaired) electrons. The average molecular weight is 391 g/mol. The van der Waals surface area contributed by atoms with Crippen molar-refractivity contribution in [2.24, 2.45) is 5.16 Å². The van der Waals surface area contributed by atoms with Crippen LogP contribution in [0.3, 0.4) is 0 Å². The maximum Gasteiger partial charge on any atom is 0.413 e. The van der Waals surface area contributed by atoms with E-state index in [4.69, 9.17) is 44.7 Å². The van der Waals surface area contributed by atoms with Crippen LogP contribution in [0.1, 0.15) is 12.6 Å². The number of carboxylic acid groups (broad SMARTS) is 1. The molecule has 0 atom stereocenters. The van der Waals surface area contributed by atoms with E-state index in [9.17, 15) is 9.59 Å². The lowest BCUT2D eigenvalue weighted by Crippen LogP contribution is -2.21. The van der Waals surface area contributed by atoms with Gasteiger partial charge in [-0.1, -0.05) is 40.0 Å². The Kier molecular flexibility index (Phi) is 7.14. The van der Waals surface area contributed by atoms with Crippen LogP contribution in [-0.4, -0.2) is 44.9 Å². The lowest BCUT2D eigenvalue weighted by Gasteiger charge is -2.10. The number of ether oxygens (including phenoxy) is 1. The van der Waals surface area contributed by atoms with E-state index < -0.39 is 22.5 Å². The number of aromatic nitrogens is 1. The second kappa shape index (κ2) is 8.37. The Morgan fingerprint density at radius 2 is 2.18 bits per heavy atom. The summed E-state index contributed by atoms with van der Waals surface area (Å²) >= 11 is 17.3. The van der Waals surface area contributed by atoms with Crippen molar-refractivity contribution < 1.29 is 24.3 Å². The minimum atomic E-state index is -1.73. The van der Waals surface area contributed by atoms with Gasteiger partial charge in [0.2, 0.25) is 9.50 Å². The highest BCUT2D eigenvalue weighted by atomic mass is 35.6. The van der Waals surface area contributed by atoms with Gasteiger partial charge >= 0.3 is 12.1 Å². The summed E-state index contributed by atoms with van der Waals surface area (Å²) in [4.78, 5) is 31.1. The molecule has 0 aliphatic carbocycles. The van der Waals surface area contributed by atoms with Crippen molar-refractivity contribution in [1.29, 1.82) is 0 Å². The van der Waals surface area contributed by atoms with Crippen molar-refractivity contribution >= 4 is 69.0 Å². The number of thiazole rings is 1. The molecule has 0 fully saturated rings. The Bertz CT molecular complexity index is 572. The number of amides is 1. The molecule has 1 aromatic rings. The Balaban J connectivity index is 2.71. The van der Waals surface area contributed by atoms with Gasteiger partial charge in [-0.15, -0.1) is 11.3 Å². The third kappa shape index (κ3) is 6.65. The number of alkyl halides is 3. The first kappa shape index (κ1) is 18.8. The van der Waals surface area contributed by atoms with Gasteiger partial charge in [-0.25, -0.2) is 14.6 Å². The largest absolute Gasteiger partial charge is 0.476 e. The smallest absolute Gasteiger partial charge is 0.413 e. The second-order valence-electron chi connectivity index (χ2n) is 3.52. The maximum atomic E-state index is 11.4. The Labute approximate surface area is 143 Å². The van der Waals surface area contributed by atoms with Gasteiger partial charge in [0.15, 0.2) is 5.13 Å². The Morgan fingerprint density at radius 3 is 2.73 bits per heavy atom. The van der Waals surface area contributed by atoms with Gasteiger partial charge in [0, 0.05) is 5.38 Å². The molecule has 2 N–H and O–H groups in total. The summed E-state index contributed by atoms with van der Waals surface area (Å²) in [5.41, 5.74) is -0.358. The standard InChI is InChI=1S/C10H10Cl3N3O5S/c1-2-21-16-6(7(17)18)5-3-22-8(14-5)15-9(19)20-4-10(11,12)13/h3H,2,4H2,1H3,(H,17,18)(H,14,15,19)/b16-6-. The van der Waals surface area contributed by atoms with Gasteiger partial charge in [0.25, 0.3) is 0 Å². The SMILES string of the molecule is CCO/N=C(\C(=O)O)c1csc(NC(=O)OCC(Cl)(Cl)Cl)n1. The normalized spacial score (nSPS) is 11.9. The molecular formula is C10H10Cl3N3O5S. The minimum Gasteiger partial charge on any atom is -0.476 e. The summed E-state index contributed by atoms with van der Waals surface area (Å²) in [5.74, 6) is -1.32. The van der Waals surface area contributed by atoms with Crippen LogP contribution in [0.5, 0.6) is 0 Å². The van der Waals surface area contributed by atoms with E-state index in [0.717, 1.165) is 11.3 Å². The van der Waals surface area contributed by atoms with Crippen LogP contribution >= 0.6 is 46.1 Å². The van der Waals surface area contributed by atoms with E-state index in [1.54, 1.807) is 6.92 Å². The zero-order chi connectivity index (χ0) is 16.8. The highest BCUT2D eigenvalue weighted by Gasteiger charge is 2.23. The van der Waals surface area contributed by atoms with E-state index >= 15 is 0 Å². The molecule has 1 aromatic heterocycles. The van der Waals surface area contributed by atoms with Crippen LogP contribution in [0.2, 0.25) is 0 Å². The molecule has 12 heteroatoms. The van der Waals surface area contributed by atoms with Gasteiger partial charge in [-0.3, -0.25) is 5.32 Å². The van der Waals surface area contributed by atoms with E-state index in [0.29, 0.717) is 0 Å². The molecule has 0 spiro atoms. The highest BCUT2D eigenvalue weighted by Crippen LogP contribution is 2.26. The zero-order valence-electron chi connectivity index (χ0n) is 11.0. The molecule has 0 bridgehead atoms. The summed E-state index contributed by atoms with van der Waals surface area (Å²) in [6.07, 6.45) is -0.897. The number of oxime groups is 1. The number of carboxylic acids is 1. The predicted molar refractivity (Wildman–Crippen MR) is 83.2 cm³/mol. The van der Waals surface area contributed by atoms with Crippen molar-refractivity contribution in [3.8, 4) is 0 Å². The van der Waals surface area contributed by atoms with Crippen LogP contribution in [0.25, 0.3) is 0 Å². The van der Waals surface area contributed by atoms with Crippen molar-refractivity contribution in [1.82, 2.24) is 4.98 Å². The molecule has 122 valence electrons. The first-order valence-electron chi connectivity index (χ1n) is 5.62. The number of halogens is 3. The topological polar surface area (TPSA) is 110 Å². The number of hydrogen-bond acceptors (Lipinski definition) is 7. The Morgan fingerprint density at radius 1 is 1.50 bits per heavy atom. The van der Waals surface area contributed by atoms with Gasteiger partial charge in [0.05, 0.1) is 0 Å². The number of aliphatic carboxylic acids is 1. The van der Waals surface area contributed by atoms with Gasteiger partial charge in [-0.2, -0.15) is 0 Å². The molecule has 1 amide bonds. The van der Waals surface area contributed by atoms with Crippen molar-refractivity contribution in [3.05, 3.63) is 11.1 Å². The maximum absolute atomic E-state index is 11.4. The lowest BCUT2D eigenvalue weighted by molar-refractivity contribution is -0.129. The fourth-order valence-electron chi connectivity index (χ4n) is 1.04. The Hall–Kier alpha value is -1.29. The van der Waals surface area contributed by atoms with Crippen LogP contribution in [0, 0.1) is 0 Å². The fraction of sp³-hybridized carbons (Fsp3) is 0.400. The van der Waals surface area contributed by atoms with Gasteiger partial charge in [0.1, 0.15) is 18.9 Å². The average Bonchev–Trinajstić information content (AvgIpc) is 2.84. The first-order chi connectivity index (χ1) is 10.2. The van der Waals surface area contributed by atoms with E-state index in [1.807, 2.05) is 0 Å². The van der Waals surface area contributed by atoms with Crippen LogP contribution < -0.4 is 5.32 Å². The summed E-state index contributed by atoms with van der Waals surface area (Å²) in [6.45, 7) is 1.40. The molecule has 22 heavy (non-hydrogen) atoms. The van der Waals surface area contributed by atoms with Crippen molar-refractivity contribution in [2.75, 3.05) is 18.5 Å². The number of rotatable bonds is 6. The summed E-state index contributed by atoms with van der Waals surface area (Å²) in [7, 11) is 0. The highest BCUT2D eigenvalue weighted by molar-refractivity contribution is 7.14. The minimum absolute atomic E-state index is 0.0302. The molecule has 1 rings (SSSR count). The second-order valence-corrected chi connectivity index (χ2v) is 6.89. The van der Waals surface area contributed by atoms with Crippen LogP contribution in [-0.2, 0) is 14.4 Å². The molecule has 0 unspecified atom stereocenters. The quantitative estimate of drug-likeness (QED) is 0.439. The monoisotopic (exact) mass is 389 g/mol. The zero-order valence-corrected chi connectivity index (χ0v) is 14.1. The molecule has 0 saturated heterocycles. The van der Waals surface area contributed by atoms with Crippen LogP contribution in [0.15, 0.2) is 10.5 Å². The molecule has 8 nitrogen and oxygen atoms in total. The first-order valence-corrected chi connectivity index (χ1v) is 7.64. The number of anilines is 1. The third-order valence-corrected chi connectivity index (χ3v) is 2.90. The van der Waals surface area contributed by atoms with Crippen LogP contribution in [0.4, 0.5) is 9.93 Å². The number of nitrogens with zero attached hydrogens (tertiary/aromatic N) is 2. The summed E-state index contributed by atoms with van der Waals surface area (Å²) in [6, 6.07) is 0. The summed E-state index contributed by atoms with van der Waals surface area (Å²) in [5, 5.41) is 16.2. The van der Waals surface area contributed by atoms with E-state index in [2.05, 4.69) is 20.2 Å². The molecule has 1 heterocycles. The van der Waals surface area contributed by atoms with E-state index in [1.165, 1.54) is 5.38 Å². The molecular weight excluding hydrogens is 381 g/mol. The number of hydrogen-bond donors (Lipinski definition) is 2. The number of carbonyl (C=O) groups is 2. The predicted octanol–water partition coefficient (Wildman–Crippen LogP) is 2.89. The number of nitrogens with one attached hydrogen (secondary N) is 1. The molecule has 0 aliphatic heterocycles. The van der Waals surface area contributed by atoms with Gasteiger partial charge in [-0.05, 0) is 6.92 Å². The number of carbonyl (C=O) groups excluding carboxylic acids is 1. The van der Waals surface area contributed by atoms with Gasteiger partial charge < -0.3 is 14.7 Å². The van der Waals surface area contributed by atoms with Crippen molar-refractivity contribution in [3.63, 3.8) is 0 Å². The van der Waals surface area contributed by atoms with Crippen molar-refractivity contribution in [2.45, 2.75) is 10.7 Å². The lowest BCUT2D eigenvalue weighted by atomic mass is 10.3. The fourth-order valence-corrected chi connectivity index (χ4v) is 1.88. The van der Waals surface area contributed by atoms with E-state index in [-0.39, 0.29) is 23.1 Å². The molecule has 0 aromatic carbocycles. The third-order valence-electron chi connectivity index (χ3n) is 1.81. The summed E-state index contributed by atoms with van der Waals surface area (Å²) < 4.78 is 2.91. The molecule has 0 saturated carbocycles.